The lowest BCUT2D eigenvalue weighted by atomic mass is 10.2. The van der Waals surface area contributed by atoms with E-state index in [1.807, 2.05) is 32.9 Å². The molecule has 0 unspecified atom stereocenters. The lowest BCUT2D eigenvalue weighted by Gasteiger charge is -2.31. The monoisotopic (exact) mass is 490 g/mol. The standard InChI is InChI=1S/C25H38N4O4S/c1-6-9-10-29-19(5)18(4)26-25(29)34-17-24(30)27-20-15-23(33-8-3)21(16-22(20)32-7-2)28-11-13-31-14-12-28/h15-16H,6-14,17H2,1-5H3,(H,27,30). The van der Waals surface area contributed by atoms with Crippen molar-refractivity contribution in [3.05, 3.63) is 23.5 Å². The Morgan fingerprint density at radius 1 is 1.12 bits per heavy atom. The number of hydrogen-bond donors (Lipinski definition) is 1. The van der Waals surface area contributed by atoms with E-state index in [1.165, 1.54) is 11.8 Å². The Kier molecular flexibility index (Phi) is 9.95. The van der Waals surface area contributed by atoms with E-state index in [2.05, 4.69) is 33.6 Å². The molecule has 1 aromatic carbocycles. The Bertz CT molecular complexity index is 957. The molecule has 1 N–H and O–H groups in total. The number of hydrogen-bond acceptors (Lipinski definition) is 7. The topological polar surface area (TPSA) is 77.9 Å². The molecule has 8 nitrogen and oxygen atoms in total. The second-order valence-corrected chi connectivity index (χ2v) is 9.13. The van der Waals surface area contributed by atoms with E-state index in [4.69, 9.17) is 14.2 Å². The third-order valence-corrected chi connectivity index (χ3v) is 6.75. The first-order valence-electron chi connectivity index (χ1n) is 12.2. The van der Waals surface area contributed by atoms with Gasteiger partial charge in [0.15, 0.2) is 5.16 Å². The number of thioether (sulfide) groups is 1. The molecule has 0 bridgehead atoms. The van der Waals surface area contributed by atoms with Gasteiger partial charge in [-0.25, -0.2) is 4.98 Å². The molecule has 188 valence electrons. The number of rotatable bonds is 12. The fourth-order valence-corrected chi connectivity index (χ4v) is 4.79. The van der Waals surface area contributed by atoms with Crippen LogP contribution in [0.2, 0.25) is 0 Å². The SMILES string of the molecule is CCCCn1c(SCC(=O)Nc2cc(OCC)c(N3CCOCC3)cc2OCC)nc(C)c1C. The van der Waals surface area contributed by atoms with Crippen LogP contribution in [0.5, 0.6) is 11.5 Å². The highest BCUT2D eigenvalue weighted by atomic mass is 32.2. The zero-order valence-electron chi connectivity index (χ0n) is 21.1. The van der Waals surface area contributed by atoms with Crippen LogP contribution < -0.4 is 19.7 Å². The lowest BCUT2D eigenvalue weighted by molar-refractivity contribution is -0.113. The number of carbonyl (C=O) groups is 1. The largest absolute Gasteiger partial charge is 0.492 e. The number of unbranched alkanes of at least 4 members (excludes halogenated alkanes) is 1. The van der Waals surface area contributed by atoms with E-state index in [0.29, 0.717) is 37.9 Å². The molecule has 1 aromatic heterocycles. The van der Waals surface area contributed by atoms with Gasteiger partial charge in [0.05, 0.1) is 49.2 Å². The third-order valence-electron chi connectivity index (χ3n) is 5.78. The van der Waals surface area contributed by atoms with Crippen molar-refractivity contribution in [3.8, 4) is 11.5 Å². The minimum Gasteiger partial charge on any atom is -0.492 e. The maximum atomic E-state index is 12.9. The van der Waals surface area contributed by atoms with E-state index >= 15 is 0 Å². The molecular weight excluding hydrogens is 452 g/mol. The van der Waals surface area contributed by atoms with E-state index in [1.54, 1.807) is 0 Å². The molecule has 1 fully saturated rings. The Morgan fingerprint density at radius 3 is 2.50 bits per heavy atom. The van der Waals surface area contributed by atoms with Crippen molar-refractivity contribution in [1.29, 1.82) is 0 Å². The summed E-state index contributed by atoms with van der Waals surface area (Å²) in [6, 6.07) is 3.84. The van der Waals surface area contributed by atoms with Gasteiger partial charge in [-0.1, -0.05) is 25.1 Å². The molecule has 2 heterocycles. The Balaban J connectivity index is 1.76. The van der Waals surface area contributed by atoms with Gasteiger partial charge >= 0.3 is 0 Å². The zero-order valence-corrected chi connectivity index (χ0v) is 21.9. The van der Waals surface area contributed by atoms with Crippen molar-refractivity contribution >= 4 is 29.0 Å². The first-order chi connectivity index (χ1) is 16.5. The summed E-state index contributed by atoms with van der Waals surface area (Å²) in [4.78, 5) is 19.8. The average Bonchev–Trinajstić information content (AvgIpc) is 3.11. The molecule has 0 saturated carbocycles. The maximum Gasteiger partial charge on any atom is 0.234 e. The number of carbonyl (C=O) groups excluding carboxylic acids is 1. The minimum atomic E-state index is -0.104. The van der Waals surface area contributed by atoms with Gasteiger partial charge in [-0.2, -0.15) is 0 Å². The van der Waals surface area contributed by atoms with Crippen molar-refractivity contribution in [2.45, 2.75) is 59.2 Å². The van der Waals surface area contributed by atoms with Crippen LogP contribution in [0.15, 0.2) is 17.3 Å². The number of nitrogens with zero attached hydrogens (tertiary/aromatic N) is 3. The molecule has 1 aliphatic heterocycles. The quantitative estimate of drug-likeness (QED) is 0.433. The number of amides is 1. The van der Waals surface area contributed by atoms with Crippen molar-refractivity contribution in [1.82, 2.24) is 9.55 Å². The molecule has 0 spiro atoms. The van der Waals surface area contributed by atoms with Gasteiger partial charge in [0, 0.05) is 37.5 Å². The highest BCUT2D eigenvalue weighted by Crippen LogP contribution is 2.39. The number of ether oxygens (including phenoxy) is 3. The van der Waals surface area contributed by atoms with Gasteiger partial charge in [-0.3, -0.25) is 4.79 Å². The van der Waals surface area contributed by atoms with Gasteiger partial charge < -0.3 is 29.0 Å². The first-order valence-corrected chi connectivity index (χ1v) is 13.2. The Morgan fingerprint density at radius 2 is 1.82 bits per heavy atom. The van der Waals surface area contributed by atoms with E-state index in [9.17, 15) is 4.79 Å². The average molecular weight is 491 g/mol. The predicted molar refractivity (Wildman–Crippen MR) is 138 cm³/mol. The van der Waals surface area contributed by atoms with Crippen LogP contribution in [-0.2, 0) is 16.1 Å². The van der Waals surface area contributed by atoms with Gasteiger partial charge in [0.25, 0.3) is 0 Å². The van der Waals surface area contributed by atoms with Crippen LogP contribution in [-0.4, -0.2) is 60.7 Å². The van der Waals surface area contributed by atoms with Gasteiger partial charge in [-0.05, 0) is 34.1 Å². The van der Waals surface area contributed by atoms with E-state index in [0.717, 1.165) is 60.5 Å². The summed E-state index contributed by atoms with van der Waals surface area (Å²) in [6.07, 6.45) is 2.20. The van der Waals surface area contributed by atoms with Crippen molar-refractivity contribution in [2.24, 2.45) is 0 Å². The number of aryl methyl sites for hydroxylation is 1. The second-order valence-electron chi connectivity index (χ2n) is 8.19. The van der Waals surface area contributed by atoms with E-state index < -0.39 is 0 Å². The highest BCUT2D eigenvalue weighted by Gasteiger charge is 2.21. The van der Waals surface area contributed by atoms with Crippen molar-refractivity contribution < 1.29 is 19.0 Å². The molecule has 1 amide bonds. The number of anilines is 2. The summed E-state index contributed by atoms with van der Waals surface area (Å²) >= 11 is 1.47. The molecule has 0 aliphatic carbocycles. The molecule has 0 radical (unpaired) electrons. The van der Waals surface area contributed by atoms with Crippen LogP contribution in [0.25, 0.3) is 0 Å². The van der Waals surface area contributed by atoms with Gasteiger partial charge in [0.2, 0.25) is 5.91 Å². The fraction of sp³-hybridized carbons (Fsp3) is 0.600. The third kappa shape index (κ3) is 6.60. The van der Waals surface area contributed by atoms with Crippen LogP contribution in [0.4, 0.5) is 11.4 Å². The van der Waals surface area contributed by atoms with Gasteiger partial charge in [-0.15, -0.1) is 0 Å². The minimum absolute atomic E-state index is 0.104. The Hall–Kier alpha value is -2.39. The molecule has 2 aromatic rings. The predicted octanol–water partition coefficient (Wildman–Crippen LogP) is 4.66. The number of imidazole rings is 1. The molecule has 3 rings (SSSR count). The van der Waals surface area contributed by atoms with Crippen LogP contribution in [0.1, 0.15) is 45.0 Å². The van der Waals surface area contributed by atoms with Crippen molar-refractivity contribution in [2.75, 3.05) is 55.5 Å². The fourth-order valence-electron chi connectivity index (χ4n) is 3.87. The molecule has 1 saturated heterocycles. The number of nitrogens with one attached hydrogen (secondary N) is 1. The van der Waals surface area contributed by atoms with Crippen molar-refractivity contribution in [3.63, 3.8) is 0 Å². The smallest absolute Gasteiger partial charge is 0.234 e. The zero-order chi connectivity index (χ0) is 24.5. The summed E-state index contributed by atoms with van der Waals surface area (Å²) in [5.41, 5.74) is 3.76. The van der Waals surface area contributed by atoms with Gasteiger partial charge in [0.1, 0.15) is 11.5 Å². The summed E-state index contributed by atoms with van der Waals surface area (Å²) in [6.45, 7) is 15.1. The summed E-state index contributed by atoms with van der Waals surface area (Å²) in [5.74, 6) is 1.54. The number of benzene rings is 1. The highest BCUT2D eigenvalue weighted by molar-refractivity contribution is 7.99. The summed E-state index contributed by atoms with van der Waals surface area (Å²) in [7, 11) is 0. The summed E-state index contributed by atoms with van der Waals surface area (Å²) < 4.78 is 19.5. The molecule has 1 aliphatic rings. The lowest BCUT2D eigenvalue weighted by Crippen LogP contribution is -2.36. The second kappa shape index (κ2) is 12.9. The van der Waals surface area contributed by atoms with E-state index in [-0.39, 0.29) is 11.7 Å². The first kappa shape index (κ1) is 26.2. The molecular formula is C25H38N4O4S. The van der Waals surface area contributed by atoms with Crippen LogP contribution in [0.3, 0.4) is 0 Å². The molecule has 9 heteroatoms. The van der Waals surface area contributed by atoms with Crippen LogP contribution in [0, 0.1) is 13.8 Å². The molecule has 34 heavy (non-hydrogen) atoms. The summed E-state index contributed by atoms with van der Waals surface area (Å²) in [5, 5.41) is 3.92. The van der Waals surface area contributed by atoms with Crippen LogP contribution >= 0.6 is 11.8 Å². The normalized spacial score (nSPS) is 13.7. The Labute approximate surface area is 207 Å². The maximum absolute atomic E-state index is 12.9. The number of aromatic nitrogens is 2. The number of morpholine rings is 1. The molecule has 0 atom stereocenters.